The summed E-state index contributed by atoms with van der Waals surface area (Å²) in [6, 6.07) is 86.7. The second-order valence-corrected chi connectivity index (χ2v) is 37.0. The normalized spacial score (nSPS) is 10.7. The lowest BCUT2D eigenvalue weighted by Gasteiger charge is -2.16. The summed E-state index contributed by atoms with van der Waals surface area (Å²) in [6.45, 7) is 20.8. The fourth-order valence-corrected chi connectivity index (χ4v) is 15.6. The van der Waals surface area contributed by atoms with Crippen molar-refractivity contribution in [1.29, 1.82) is 0 Å². The minimum absolute atomic E-state index is 0.167. The third-order valence-electron chi connectivity index (χ3n) is 22.7. The number of aryl methyl sites for hydroxylation is 13. The molecule has 0 aliphatic heterocycles. The number of carbonyl (C=O) groups excluding carboxylic acids is 3. The van der Waals surface area contributed by atoms with Crippen LogP contribution in [0.3, 0.4) is 0 Å². The van der Waals surface area contributed by atoms with Gasteiger partial charge in [-0.05, 0) is 182 Å². The van der Waals surface area contributed by atoms with Crippen molar-refractivity contribution in [3.63, 3.8) is 0 Å². The predicted molar refractivity (Wildman–Crippen MR) is 586 cm³/mol. The molecular weight excluding hydrogens is 1910 g/mol. The van der Waals surface area contributed by atoms with Gasteiger partial charge in [-0.15, -0.1) is 0 Å². The van der Waals surface area contributed by atoms with Crippen LogP contribution in [0.4, 0.5) is 48.5 Å². The minimum atomic E-state index is -1.69. The van der Waals surface area contributed by atoms with E-state index in [-0.39, 0.29) is 13.2 Å². The zero-order chi connectivity index (χ0) is 104. The maximum Gasteiger partial charge on any atom is 0.417 e. The molecule has 0 saturated carbocycles. The summed E-state index contributed by atoms with van der Waals surface area (Å²) >= 11 is 16.9. The van der Waals surface area contributed by atoms with Gasteiger partial charge in [-0.25, -0.2) is 64.2 Å². The van der Waals surface area contributed by atoms with Crippen molar-refractivity contribution < 1.29 is 33.7 Å². The van der Waals surface area contributed by atoms with Crippen molar-refractivity contribution in [3.05, 3.63) is 402 Å². The first-order valence-electron chi connectivity index (χ1n) is 46.6. The number of alkyl halides is 3. The van der Waals surface area contributed by atoms with Crippen molar-refractivity contribution in [2.45, 2.75) is 86.6 Å². The van der Waals surface area contributed by atoms with Gasteiger partial charge in [-0.1, -0.05) is 252 Å². The molecule has 11 aromatic heterocycles. The van der Waals surface area contributed by atoms with E-state index < -0.39 is 22.1 Å². The first-order valence-corrected chi connectivity index (χ1v) is 47.8. The van der Waals surface area contributed by atoms with Crippen molar-refractivity contribution in [1.82, 2.24) is 74.4 Å². The van der Waals surface area contributed by atoms with Crippen molar-refractivity contribution in [3.8, 4) is 135 Å². The number of anilines is 6. The van der Waals surface area contributed by atoms with Crippen LogP contribution in [0, 0.1) is 76.2 Å². The van der Waals surface area contributed by atoms with Gasteiger partial charge in [0.25, 0.3) is 0 Å². The molecule has 31 heteroatoms. The Morgan fingerprint density at radius 3 is 0.918 bits per heavy atom. The molecule has 0 unspecified atom stereocenters. The van der Waals surface area contributed by atoms with E-state index in [9.17, 15) is 19.5 Å². The maximum atomic E-state index is 12.5. The average Bonchev–Trinajstić information content (AvgIpc) is 1.79. The minimum Gasteiger partial charge on any atom is -0.445 e. The molecule has 28 nitrogen and oxygen atoms in total. The summed E-state index contributed by atoms with van der Waals surface area (Å²) in [5, 5.41) is 26.2. The van der Waals surface area contributed by atoms with Crippen LogP contribution in [0.1, 0.15) is 67.4 Å². The van der Waals surface area contributed by atoms with Gasteiger partial charge in [-0.3, -0.25) is 30.3 Å². The first-order chi connectivity index (χ1) is 70.7. The van der Waals surface area contributed by atoms with E-state index >= 15 is 0 Å². The number of halogens is 3. The maximum absolute atomic E-state index is 12.5. The summed E-state index contributed by atoms with van der Waals surface area (Å²) in [6.07, 6.45) is 16.3. The van der Waals surface area contributed by atoms with Crippen LogP contribution in [-0.2, 0) is 25.4 Å². The molecule has 0 aliphatic rings. The third-order valence-corrected chi connectivity index (χ3v) is 23.0. The fourth-order valence-electron chi connectivity index (χ4n) is 15.4. The Labute approximate surface area is 867 Å². The van der Waals surface area contributed by atoms with E-state index in [0.717, 1.165) is 157 Å². The van der Waals surface area contributed by atoms with E-state index in [1.165, 1.54) is 0 Å². The summed E-state index contributed by atoms with van der Waals surface area (Å²) < 4.78 is 17.6. The molecule has 10 N–H and O–H groups in total. The Balaban J connectivity index is 0.000000140. The molecule has 0 aliphatic carbocycles. The Hall–Kier alpha value is -17.6. The highest BCUT2D eigenvalue weighted by atomic mass is 35.6. The highest BCUT2D eigenvalue weighted by molar-refractivity contribution is 6.67. The number of amides is 3. The molecule has 0 radical (unpaired) electrons. The number of rotatable bonds is 18. The lowest BCUT2D eigenvalue weighted by Crippen LogP contribution is -2.21. The molecule has 19 aromatic rings. The molecule has 147 heavy (non-hydrogen) atoms. The van der Waals surface area contributed by atoms with Gasteiger partial charge < -0.3 is 36.5 Å². The zero-order valence-electron chi connectivity index (χ0n) is 83.1. The Kier molecular flexibility index (Phi) is 35.4. The van der Waals surface area contributed by atoms with Gasteiger partial charge >= 0.3 is 18.3 Å². The molecule has 3 amide bonds. The van der Waals surface area contributed by atoms with Gasteiger partial charge in [0, 0.05) is 125 Å². The number of nitrogens with one attached hydrogen (secondary N) is 3. The number of aliphatic hydroxyl groups excluding tert-OH is 1. The van der Waals surface area contributed by atoms with Crippen LogP contribution in [0.25, 0.3) is 124 Å². The molecule has 8 aromatic carbocycles. The molecule has 740 valence electrons. The Morgan fingerprint density at radius 1 is 0.313 bits per heavy atom. The smallest absolute Gasteiger partial charge is 0.417 e. The zero-order valence-corrected chi connectivity index (χ0v) is 85.4. The molecular formula is C116H108Cl3N21O7. The SMILES string of the molecule is Cc1cc(N)c(-c2ccccc2)nc1-c1cnn(C)c1.Cc1ccc(OC(=O)Nc2cc(C)c(-c3cnn(C)c3)nc2-c2ccccc2)cc1.Cc1ccc(OC(=O)Nc2cc(C)c(CO)nc2-c2ccccc2)cc1.Cc1cncc(-c2nc(-c3ccccc3)c(N)cc2C)c1.Cc1ncc(-c2nc(-c3ccccc3)c(N)cc2C)cn1.Cc1ncc(-c2nc(-c3ccccc3)c(NC(=O)OCC(Cl)(Cl)Cl)cc2C)cn1. The molecule has 0 atom stereocenters. The highest BCUT2D eigenvalue weighted by Crippen LogP contribution is 2.39. The molecule has 0 fully saturated rings. The number of nitrogen functional groups attached to an aromatic ring is 3. The lowest BCUT2D eigenvalue weighted by molar-refractivity contribution is 0.164. The molecule has 0 bridgehead atoms. The van der Waals surface area contributed by atoms with E-state index in [1.807, 2.05) is 352 Å². The van der Waals surface area contributed by atoms with Gasteiger partial charge in [0.05, 0.1) is 121 Å². The standard InChI is InChI=1S/C24H22N4O2.C21H20N2O3.C20H17Cl3N4O2.C18H17N3.C17H16N4.C16H16N4/c1-16-9-11-20(12-10-16)30-24(29)26-21-13-17(2)22(19-14-25-28(3)15-19)27-23(21)18-7-5-4-6-8-18;1-14-8-10-17(11-9-14)26-21(25)23-18-12-15(2)19(13-24)22-20(18)16-6-4-3-5-7-16;1-12-8-16(26-19(28)29-11-20(21,22)23)18(14-6-4-3-5-7-14)27-17(12)15-9-24-13(2)25-10-15;1-12-8-15(11-20-10-12)17-13(2)9-16(19)18(21-17)14-6-4-3-5-7-14;1-11-8-15(18)17(13-6-4-3-5-7-13)21-16(11)14-9-19-12(2)20-10-14;1-11-8-14(17)16(12-6-4-3-5-7-12)19-15(11)13-9-18-20(2)10-13/h4-15H,1-3H3,(H,26,29);3-12,24H,13H2,1-2H3,(H,23,25);3-10H,11H2,1-2H3,(H,26,28);3-11H,19H2,1-2H3;3-10H,18H2,1-2H3;3-10H,17H2,1-2H3. The Bertz CT molecular complexity index is 7750. The fraction of sp³-hybridized carbons (Fsp3) is 0.138. The second-order valence-electron chi connectivity index (χ2n) is 34.4. The van der Waals surface area contributed by atoms with Crippen molar-refractivity contribution >= 4 is 87.2 Å². The van der Waals surface area contributed by atoms with Crippen LogP contribution in [0.2, 0.25) is 0 Å². The quantitative estimate of drug-likeness (QED) is 0.0392. The number of nitrogens with zero attached hydrogens (tertiary/aromatic N) is 15. The molecule has 19 rings (SSSR count). The summed E-state index contributed by atoms with van der Waals surface area (Å²) in [5.41, 5.74) is 50.3. The van der Waals surface area contributed by atoms with Crippen LogP contribution in [0.15, 0.2) is 335 Å². The molecule has 11 heterocycles. The van der Waals surface area contributed by atoms with Crippen molar-refractivity contribution in [2.75, 3.05) is 39.8 Å². The number of nitrogens with two attached hydrogens (primary N) is 3. The first kappa shape index (κ1) is 105. The van der Waals surface area contributed by atoms with Gasteiger partial charge in [0.1, 0.15) is 29.8 Å². The number of ether oxygens (including phenoxy) is 3. The number of benzene rings is 8. The van der Waals surface area contributed by atoms with E-state index in [0.29, 0.717) is 79.9 Å². The van der Waals surface area contributed by atoms with Crippen molar-refractivity contribution in [2.24, 2.45) is 14.1 Å². The number of carbonyl (C=O) groups is 3. The van der Waals surface area contributed by atoms with Gasteiger partial charge in [0.2, 0.25) is 3.79 Å². The number of hydrogen-bond donors (Lipinski definition) is 7. The predicted octanol–water partition coefficient (Wildman–Crippen LogP) is 26.0. The number of aliphatic hydroxyl groups is 1. The van der Waals surface area contributed by atoms with Crippen LogP contribution in [-0.4, -0.2) is 108 Å². The van der Waals surface area contributed by atoms with E-state index in [4.69, 9.17) is 91.1 Å². The summed E-state index contributed by atoms with van der Waals surface area (Å²) in [7, 11) is 3.77. The van der Waals surface area contributed by atoms with Gasteiger partial charge in [0.15, 0.2) is 0 Å². The van der Waals surface area contributed by atoms with Crippen LogP contribution < -0.4 is 42.6 Å². The van der Waals surface area contributed by atoms with E-state index in [2.05, 4.69) is 62.1 Å². The molecule has 0 saturated heterocycles. The average molecular weight is 2010 g/mol. The topological polar surface area (TPSA) is 391 Å². The summed E-state index contributed by atoms with van der Waals surface area (Å²) in [4.78, 5) is 86.7. The molecule has 0 spiro atoms. The van der Waals surface area contributed by atoms with Crippen LogP contribution >= 0.6 is 34.8 Å². The summed E-state index contributed by atoms with van der Waals surface area (Å²) in [5.74, 6) is 2.36. The number of pyridine rings is 7. The highest BCUT2D eigenvalue weighted by Gasteiger charge is 2.26. The van der Waals surface area contributed by atoms with Crippen LogP contribution in [0.5, 0.6) is 11.5 Å². The third kappa shape index (κ3) is 28.9. The van der Waals surface area contributed by atoms with Gasteiger partial charge in [-0.2, -0.15) is 10.2 Å². The second kappa shape index (κ2) is 49.4. The Morgan fingerprint density at radius 2 is 0.605 bits per heavy atom. The number of hydrogen-bond acceptors (Lipinski definition) is 23. The lowest BCUT2D eigenvalue weighted by atomic mass is 10.0. The number of aromatic nitrogens is 15. The largest absolute Gasteiger partial charge is 0.445 e. The monoisotopic (exact) mass is 2010 g/mol. The van der Waals surface area contributed by atoms with E-state index in [1.54, 1.807) is 76.7 Å².